The van der Waals surface area contributed by atoms with Gasteiger partial charge in [-0.15, -0.1) is 6.58 Å². The third-order valence-corrected chi connectivity index (χ3v) is 3.62. The van der Waals surface area contributed by atoms with Crippen LogP contribution in [0.15, 0.2) is 12.7 Å². The molecule has 1 unspecified atom stereocenters. The van der Waals surface area contributed by atoms with E-state index in [0.29, 0.717) is 12.0 Å². The Morgan fingerprint density at radius 2 is 2.17 bits per heavy atom. The molecule has 1 atom stereocenters. The zero-order chi connectivity index (χ0) is 13.6. The second kappa shape index (κ2) is 7.27. The lowest BCUT2D eigenvalue weighted by Crippen LogP contribution is -2.63. The monoisotopic (exact) mass is 254 g/mol. The molecule has 0 aromatic heterocycles. The summed E-state index contributed by atoms with van der Waals surface area (Å²) >= 11 is 0. The molecule has 0 radical (unpaired) electrons. The number of nitrogens with one attached hydrogen (secondary N) is 1. The van der Waals surface area contributed by atoms with Gasteiger partial charge in [0.05, 0.1) is 13.2 Å². The van der Waals surface area contributed by atoms with Crippen LogP contribution in [0.3, 0.4) is 0 Å². The first-order valence-corrected chi connectivity index (χ1v) is 7.14. The number of hydrogen-bond acceptors (Lipinski definition) is 3. The van der Waals surface area contributed by atoms with Gasteiger partial charge in [-0.2, -0.15) is 0 Å². The van der Waals surface area contributed by atoms with E-state index in [9.17, 15) is 0 Å². The summed E-state index contributed by atoms with van der Waals surface area (Å²) in [5.74, 6) is 0.682. The highest BCUT2D eigenvalue weighted by atomic mass is 16.5. The van der Waals surface area contributed by atoms with E-state index in [1.165, 1.54) is 0 Å². The fourth-order valence-corrected chi connectivity index (χ4v) is 2.54. The van der Waals surface area contributed by atoms with Crippen LogP contribution in [0.5, 0.6) is 0 Å². The summed E-state index contributed by atoms with van der Waals surface area (Å²) in [7, 11) is 0. The normalized spacial score (nSPS) is 24.4. The van der Waals surface area contributed by atoms with Crippen LogP contribution in [-0.2, 0) is 4.74 Å². The van der Waals surface area contributed by atoms with Gasteiger partial charge in [0.1, 0.15) is 0 Å². The lowest BCUT2D eigenvalue weighted by atomic mass is 9.93. The van der Waals surface area contributed by atoms with E-state index in [0.717, 1.165) is 39.3 Å². The zero-order valence-electron chi connectivity index (χ0n) is 12.5. The van der Waals surface area contributed by atoms with Gasteiger partial charge in [0, 0.05) is 31.2 Å². The smallest absolute Gasteiger partial charge is 0.0593 e. The first-order chi connectivity index (χ1) is 8.46. The Morgan fingerprint density at radius 3 is 2.78 bits per heavy atom. The second-order valence-electron chi connectivity index (χ2n) is 6.24. The van der Waals surface area contributed by atoms with E-state index in [2.05, 4.69) is 44.5 Å². The summed E-state index contributed by atoms with van der Waals surface area (Å²) < 4.78 is 5.64. The number of nitrogens with zero attached hydrogens (tertiary/aromatic N) is 1. The van der Waals surface area contributed by atoms with E-state index in [1.54, 1.807) is 0 Å². The van der Waals surface area contributed by atoms with Crippen LogP contribution in [0.2, 0.25) is 0 Å². The predicted molar refractivity (Wildman–Crippen MR) is 77.9 cm³/mol. The maximum Gasteiger partial charge on any atom is 0.0593 e. The van der Waals surface area contributed by atoms with Gasteiger partial charge in [-0.05, 0) is 26.2 Å². The molecule has 106 valence electrons. The van der Waals surface area contributed by atoms with Crippen molar-refractivity contribution in [1.29, 1.82) is 0 Å². The van der Waals surface area contributed by atoms with Crippen LogP contribution < -0.4 is 5.32 Å². The average Bonchev–Trinajstić information content (AvgIpc) is 2.27. The predicted octanol–water partition coefficient (Wildman–Crippen LogP) is 2.29. The Labute approximate surface area is 113 Å². The molecule has 1 aliphatic rings. The van der Waals surface area contributed by atoms with E-state index in [-0.39, 0.29) is 5.54 Å². The molecule has 3 heteroatoms. The molecule has 0 aliphatic carbocycles. The Hall–Kier alpha value is -0.380. The summed E-state index contributed by atoms with van der Waals surface area (Å²) in [5.41, 5.74) is 0.215. The molecule has 1 rings (SSSR count). The molecule has 1 fully saturated rings. The van der Waals surface area contributed by atoms with Crippen LogP contribution in [0.4, 0.5) is 0 Å². The average molecular weight is 254 g/mol. The van der Waals surface area contributed by atoms with Gasteiger partial charge in [0.15, 0.2) is 0 Å². The minimum absolute atomic E-state index is 0.215. The number of rotatable bonds is 7. The standard InChI is InChI=1S/C15H30N2O/c1-6-7-9-18-10-8-17-12-15(4,5)16-11-14(17)13(2)3/h6,13-14,16H,1,7-12H2,2-5H3. The molecule has 0 saturated carbocycles. The van der Waals surface area contributed by atoms with Crippen molar-refractivity contribution < 1.29 is 4.74 Å². The fraction of sp³-hybridized carbons (Fsp3) is 0.867. The fourth-order valence-electron chi connectivity index (χ4n) is 2.54. The molecule has 0 amide bonds. The van der Waals surface area contributed by atoms with Crippen molar-refractivity contribution in [2.24, 2.45) is 5.92 Å². The van der Waals surface area contributed by atoms with Crippen LogP contribution >= 0.6 is 0 Å². The van der Waals surface area contributed by atoms with Gasteiger partial charge in [-0.1, -0.05) is 19.9 Å². The molecule has 0 aromatic rings. The third kappa shape index (κ3) is 5.09. The van der Waals surface area contributed by atoms with Crippen LogP contribution in [0.25, 0.3) is 0 Å². The molecular formula is C15H30N2O. The Bertz CT molecular complexity index is 251. The Morgan fingerprint density at radius 1 is 1.44 bits per heavy atom. The molecule has 0 aromatic carbocycles. The molecule has 3 nitrogen and oxygen atoms in total. The van der Waals surface area contributed by atoms with Crippen LogP contribution in [0.1, 0.15) is 34.1 Å². The van der Waals surface area contributed by atoms with Crippen molar-refractivity contribution in [2.75, 3.05) is 32.8 Å². The number of piperazine rings is 1. The topological polar surface area (TPSA) is 24.5 Å². The van der Waals surface area contributed by atoms with Crippen molar-refractivity contribution in [3.8, 4) is 0 Å². The number of ether oxygens (including phenoxy) is 1. The molecule has 1 aliphatic heterocycles. The largest absolute Gasteiger partial charge is 0.380 e. The molecular weight excluding hydrogens is 224 g/mol. The van der Waals surface area contributed by atoms with Crippen molar-refractivity contribution in [1.82, 2.24) is 10.2 Å². The van der Waals surface area contributed by atoms with Crippen molar-refractivity contribution in [3.05, 3.63) is 12.7 Å². The van der Waals surface area contributed by atoms with Crippen LogP contribution in [-0.4, -0.2) is 49.3 Å². The molecule has 0 bridgehead atoms. The molecule has 1 saturated heterocycles. The van der Waals surface area contributed by atoms with Gasteiger partial charge < -0.3 is 10.1 Å². The highest BCUT2D eigenvalue weighted by Crippen LogP contribution is 2.19. The quantitative estimate of drug-likeness (QED) is 0.557. The summed E-state index contributed by atoms with van der Waals surface area (Å²) in [6, 6.07) is 0.626. The van der Waals surface area contributed by atoms with Gasteiger partial charge in [0.25, 0.3) is 0 Å². The van der Waals surface area contributed by atoms with Gasteiger partial charge in [-0.25, -0.2) is 0 Å². The minimum Gasteiger partial charge on any atom is -0.380 e. The first-order valence-electron chi connectivity index (χ1n) is 7.14. The molecule has 18 heavy (non-hydrogen) atoms. The SMILES string of the molecule is C=CCCOCCN1CC(C)(C)NCC1C(C)C. The van der Waals surface area contributed by atoms with E-state index < -0.39 is 0 Å². The summed E-state index contributed by atoms with van der Waals surface area (Å²) in [5, 5.41) is 3.63. The van der Waals surface area contributed by atoms with Gasteiger partial charge in [-0.3, -0.25) is 4.90 Å². The summed E-state index contributed by atoms with van der Waals surface area (Å²) in [4.78, 5) is 2.58. The first kappa shape index (κ1) is 15.7. The lowest BCUT2D eigenvalue weighted by molar-refractivity contribution is 0.0347. The molecule has 0 spiro atoms. The van der Waals surface area contributed by atoms with E-state index in [4.69, 9.17) is 4.74 Å². The highest BCUT2D eigenvalue weighted by molar-refractivity contribution is 4.93. The Balaban J connectivity index is 2.39. The van der Waals surface area contributed by atoms with Crippen molar-refractivity contribution in [2.45, 2.75) is 45.7 Å². The van der Waals surface area contributed by atoms with E-state index in [1.807, 2.05) is 6.08 Å². The minimum atomic E-state index is 0.215. The second-order valence-corrected chi connectivity index (χ2v) is 6.24. The maximum atomic E-state index is 5.64. The zero-order valence-corrected chi connectivity index (χ0v) is 12.5. The third-order valence-electron chi connectivity index (χ3n) is 3.62. The highest BCUT2D eigenvalue weighted by Gasteiger charge is 2.33. The lowest BCUT2D eigenvalue weighted by Gasteiger charge is -2.46. The molecule has 1 N–H and O–H groups in total. The maximum absolute atomic E-state index is 5.64. The Kier molecular flexibility index (Phi) is 6.33. The van der Waals surface area contributed by atoms with Gasteiger partial charge in [0.2, 0.25) is 0 Å². The van der Waals surface area contributed by atoms with Crippen LogP contribution in [0, 0.1) is 5.92 Å². The molecule has 1 heterocycles. The summed E-state index contributed by atoms with van der Waals surface area (Å²) in [6.45, 7) is 17.7. The summed E-state index contributed by atoms with van der Waals surface area (Å²) in [6.07, 6.45) is 2.85. The number of hydrogen-bond donors (Lipinski definition) is 1. The van der Waals surface area contributed by atoms with Crippen molar-refractivity contribution in [3.63, 3.8) is 0 Å². The van der Waals surface area contributed by atoms with Crippen molar-refractivity contribution >= 4 is 0 Å². The van der Waals surface area contributed by atoms with Gasteiger partial charge >= 0.3 is 0 Å². The van der Waals surface area contributed by atoms with E-state index >= 15 is 0 Å².